The molecule has 1 N–H and O–H groups in total. The molecule has 0 radical (unpaired) electrons. The lowest BCUT2D eigenvalue weighted by Gasteiger charge is -2.56. The van der Waals surface area contributed by atoms with E-state index in [9.17, 15) is 9.59 Å². The minimum absolute atomic E-state index is 0.117. The highest BCUT2D eigenvalue weighted by atomic mass is 79.9. The van der Waals surface area contributed by atoms with Crippen molar-refractivity contribution in [3.8, 4) is 11.1 Å². The number of carbonyl (C=O) groups excluding carboxylic acids is 1. The van der Waals surface area contributed by atoms with Gasteiger partial charge in [0.25, 0.3) is 5.56 Å². The van der Waals surface area contributed by atoms with Gasteiger partial charge in [0.15, 0.2) is 0 Å². The van der Waals surface area contributed by atoms with E-state index in [4.69, 9.17) is 5.10 Å². The average Bonchev–Trinajstić information content (AvgIpc) is 3.41. The average molecular weight is 685 g/mol. The molecule has 9 rings (SSSR count). The molecule has 0 saturated heterocycles. The number of benzene rings is 3. The molecule has 5 aliphatic rings. The van der Waals surface area contributed by atoms with Gasteiger partial charge in [-0.05, 0) is 97.7 Å². The van der Waals surface area contributed by atoms with Crippen LogP contribution in [0.25, 0.3) is 22.0 Å². The zero-order valence-electron chi connectivity index (χ0n) is 23.2. The Morgan fingerprint density at radius 1 is 0.833 bits per heavy atom. The number of pyridine rings is 1. The number of fused-ring (bicyclic) bond motifs is 1. The molecule has 212 valence electrons. The van der Waals surface area contributed by atoms with Gasteiger partial charge in [-0.25, -0.2) is 5.01 Å². The maximum Gasteiger partial charge on any atom is 0.254 e. The second-order valence-electron chi connectivity index (χ2n) is 12.9. The normalized spacial score (nSPS) is 28.0. The summed E-state index contributed by atoms with van der Waals surface area (Å²) in [5.41, 5.74) is 4.51. The number of halogens is 2. The van der Waals surface area contributed by atoms with Crippen LogP contribution in [0, 0.1) is 23.2 Å². The van der Waals surface area contributed by atoms with Crippen LogP contribution in [-0.2, 0) is 4.79 Å². The number of hydrogen-bond donors (Lipinski definition) is 1. The fraction of sp³-hybridized carbons (Fsp3) is 0.343. The number of hydrazone groups is 1. The van der Waals surface area contributed by atoms with E-state index in [1.807, 2.05) is 54.6 Å². The number of amides is 1. The molecule has 1 aromatic heterocycles. The van der Waals surface area contributed by atoms with E-state index in [0.29, 0.717) is 29.7 Å². The Labute approximate surface area is 261 Å². The van der Waals surface area contributed by atoms with Gasteiger partial charge in [0.05, 0.1) is 22.7 Å². The molecule has 4 aromatic rings. The first-order valence-corrected chi connectivity index (χ1v) is 16.5. The number of aromatic nitrogens is 1. The lowest BCUT2D eigenvalue weighted by molar-refractivity contribution is -0.159. The number of H-pyrrole nitrogens is 1. The van der Waals surface area contributed by atoms with Gasteiger partial charge >= 0.3 is 0 Å². The maximum absolute atomic E-state index is 14.9. The largest absolute Gasteiger partial charge is 0.322 e. The number of aromatic amines is 1. The van der Waals surface area contributed by atoms with Crippen LogP contribution in [0.15, 0.2) is 91.6 Å². The first-order chi connectivity index (χ1) is 20.4. The van der Waals surface area contributed by atoms with Crippen LogP contribution in [0.5, 0.6) is 0 Å². The van der Waals surface area contributed by atoms with Gasteiger partial charge in [0.1, 0.15) is 0 Å². The first-order valence-electron chi connectivity index (χ1n) is 14.9. The lowest BCUT2D eigenvalue weighted by Crippen LogP contribution is -2.53. The fourth-order valence-corrected chi connectivity index (χ4v) is 9.49. The monoisotopic (exact) mass is 683 g/mol. The van der Waals surface area contributed by atoms with Crippen LogP contribution >= 0.6 is 31.9 Å². The summed E-state index contributed by atoms with van der Waals surface area (Å²) in [6, 6.07) is 23.6. The van der Waals surface area contributed by atoms with Gasteiger partial charge in [-0.3, -0.25) is 9.59 Å². The second-order valence-corrected chi connectivity index (χ2v) is 14.8. The molecular formula is C35H31Br2N3O2. The van der Waals surface area contributed by atoms with Gasteiger partial charge in [-0.15, -0.1) is 0 Å². The van der Waals surface area contributed by atoms with Crippen molar-refractivity contribution in [3.05, 3.63) is 103 Å². The zero-order valence-corrected chi connectivity index (χ0v) is 26.3. The Morgan fingerprint density at radius 2 is 1.48 bits per heavy atom. The highest BCUT2D eigenvalue weighted by Gasteiger charge is 2.57. The fourth-order valence-electron chi connectivity index (χ4n) is 8.87. The third-order valence-corrected chi connectivity index (χ3v) is 11.2. The van der Waals surface area contributed by atoms with Crippen LogP contribution in [0.3, 0.4) is 0 Å². The number of nitrogens with one attached hydrogen (secondary N) is 1. The molecular weight excluding hydrogens is 654 g/mol. The molecule has 4 aliphatic carbocycles. The SMILES string of the molecule is O=C(N1N=C(c2ccc(Br)cc2)CC1c1c(-c2ccccc2)c2cc(Br)ccc2[nH]c1=O)C12CC3CC(CC(C3)C1)C2. The van der Waals surface area contributed by atoms with E-state index in [1.165, 1.54) is 19.3 Å². The standard InChI is InChI=1S/C35H31Br2N3O2/c36-25-8-6-23(7-9-25)29-16-30(40(39-29)34(42)35-17-20-12-21(18-35)14-22(13-20)19-35)32-31(24-4-2-1-3-5-24)27-15-26(37)10-11-28(27)38-33(32)41/h1-11,15,20-22,30H,12-14,16-19H2,(H,38,41). The summed E-state index contributed by atoms with van der Waals surface area (Å²) in [6.45, 7) is 0. The molecule has 5 nitrogen and oxygen atoms in total. The zero-order chi connectivity index (χ0) is 28.6. The lowest BCUT2D eigenvalue weighted by atomic mass is 9.49. The number of nitrogens with zero attached hydrogens (tertiary/aromatic N) is 2. The topological polar surface area (TPSA) is 65.5 Å². The first kappa shape index (κ1) is 26.6. The van der Waals surface area contributed by atoms with Crippen molar-refractivity contribution in [2.45, 2.75) is 51.0 Å². The molecule has 2 heterocycles. The van der Waals surface area contributed by atoms with E-state index >= 15 is 0 Å². The molecule has 3 aromatic carbocycles. The van der Waals surface area contributed by atoms with Crippen molar-refractivity contribution in [2.75, 3.05) is 0 Å². The number of hydrogen-bond acceptors (Lipinski definition) is 3. The minimum atomic E-state index is -0.494. The predicted molar refractivity (Wildman–Crippen MR) is 173 cm³/mol. The quantitative estimate of drug-likeness (QED) is 0.234. The van der Waals surface area contributed by atoms with Crippen LogP contribution in [0.2, 0.25) is 0 Å². The highest BCUT2D eigenvalue weighted by Crippen LogP contribution is 2.61. The summed E-state index contributed by atoms with van der Waals surface area (Å²) in [5.74, 6) is 2.03. The summed E-state index contributed by atoms with van der Waals surface area (Å²) in [7, 11) is 0. The molecule has 4 fully saturated rings. The summed E-state index contributed by atoms with van der Waals surface area (Å²) < 4.78 is 1.93. The highest BCUT2D eigenvalue weighted by molar-refractivity contribution is 9.10. The van der Waals surface area contributed by atoms with Gasteiger partial charge < -0.3 is 4.98 Å². The molecule has 1 amide bonds. The molecule has 1 aliphatic heterocycles. The van der Waals surface area contributed by atoms with E-state index in [0.717, 1.165) is 61.5 Å². The molecule has 0 spiro atoms. The van der Waals surface area contributed by atoms with Crippen LogP contribution < -0.4 is 5.56 Å². The third-order valence-electron chi connectivity index (χ3n) is 10.2. The molecule has 4 bridgehead atoms. The maximum atomic E-state index is 14.9. The Hall–Kier alpha value is -3.03. The Bertz CT molecular complexity index is 1780. The van der Waals surface area contributed by atoms with E-state index in [2.05, 4.69) is 55.0 Å². The Balaban J connectivity index is 1.32. The second kappa shape index (κ2) is 10.0. The van der Waals surface area contributed by atoms with Crippen molar-refractivity contribution < 1.29 is 4.79 Å². The van der Waals surface area contributed by atoms with Gasteiger partial charge in [0, 0.05) is 31.8 Å². The molecule has 1 atom stereocenters. The van der Waals surface area contributed by atoms with Gasteiger partial charge in [-0.1, -0.05) is 74.3 Å². The summed E-state index contributed by atoms with van der Waals surface area (Å²) >= 11 is 7.20. The Morgan fingerprint density at radius 3 is 2.14 bits per heavy atom. The summed E-state index contributed by atoms with van der Waals surface area (Å²) in [4.78, 5) is 32.2. The molecule has 4 saturated carbocycles. The molecule has 42 heavy (non-hydrogen) atoms. The Kier molecular flexibility index (Phi) is 6.34. The van der Waals surface area contributed by atoms with Crippen LogP contribution in [0.4, 0.5) is 0 Å². The number of rotatable bonds is 4. The van der Waals surface area contributed by atoms with E-state index < -0.39 is 6.04 Å². The van der Waals surface area contributed by atoms with Crippen molar-refractivity contribution in [3.63, 3.8) is 0 Å². The minimum Gasteiger partial charge on any atom is -0.322 e. The molecule has 7 heteroatoms. The van der Waals surface area contributed by atoms with Gasteiger partial charge in [-0.2, -0.15) is 5.10 Å². The van der Waals surface area contributed by atoms with Crippen molar-refractivity contribution in [1.82, 2.24) is 9.99 Å². The smallest absolute Gasteiger partial charge is 0.254 e. The van der Waals surface area contributed by atoms with Crippen LogP contribution in [0.1, 0.15) is 62.1 Å². The predicted octanol–water partition coefficient (Wildman–Crippen LogP) is 8.61. The van der Waals surface area contributed by atoms with Crippen molar-refractivity contribution in [2.24, 2.45) is 28.3 Å². The van der Waals surface area contributed by atoms with Gasteiger partial charge in [0.2, 0.25) is 5.91 Å². The van der Waals surface area contributed by atoms with Crippen LogP contribution in [-0.4, -0.2) is 21.6 Å². The van der Waals surface area contributed by atoms with Crippen molar-refractivity contribution in [1.29, 1.82) is 0 Å². The van der Waals surface area contributed by atoms with E-state index in [-0.39, 0.29) is 16.9 Å². The summed E-state index contributed by atoms with van der Waals surface area (Å²) in [6.07, 6.45) is 7.15. The third kappa shape index (κ3) is 4.34. The van der Waals surface area contributed by atoms with Crippen molar-refractivity contribution >= 4 is 54.4 Å². The number of carbonyl (C=O) groups is 1. The van der Waals surface area contributed by atoms with E-state index in [1.54, 1.807) is 5.01 Å². The molecule has 1 unspecified atom stereocenters. The summed E-state index contributed by atoms with van der Waals surface area (Å²) in [5, 5.41) is 7.79.